The molecule has 0 saturated carbocycles. The molecule has 0 bridgehead atoms. The Kier molecular flexibility index (Phi) is 5.77. The molecule has 1 aromatic heterocycles. The molecule has 0 aliphatic heterocycles. The van der Waals surface area contributed by atoms with E-state index < -0.39 is 6.09 Å². The van der Waals surface area contributed by atoms with Gasteiger partial charge in [0.2, 0.25) is 0 Å². The summed E-state index contributed by atoms with van der Waals surface area (Å²) in [6, 6.07) is 12.0. The van der Waals surface area contributed by atoms with Crippen LogP contribution in [0.4, 0.5) is 16.2 Å². The van der Waals surface area contributed by atoms with Gasteiger partial charge in [0.05, 0.1) is 7.11 Å². The van der Waals surface area contributed by atoms with E-state index in [2.05, 4.69) is 27.3 Å². The summed E-state index contributed by atoms with van der Waals surface area (Å²) in [6.45, 7) is 2.15. The predicted molar refractivity (Wildman–Crippen MR) is 88.1 cm³/mol. The van der Waals surface area contributed by atoms with Gasteiger partial charge in [0.25, 0.3) is 0 Å². The molecular formula is C17H21N3O2. The van der Waals surface area contributed by atoms with Crippen LogP contribution in [0.25, 0.3) is 0 Å². The molecule has 5 heteroatoms. The van der Waals surface area contributed by atoms with Gasteiger partial charge in [-0.2, -0.15) is 0 Å². The van der Waals surface area contributed by atoms with E-state index in [1.807, 2.05) is 48.8 Å². The van der Waals surface area contributed by atoms with Crippen LogP contribution in [-0.4, -0.2) is 24.2 Å². The molecule has 0 aliphatic rings. The first kappa shape index (κ1) is 15.8. The summed E-state index contributed by atoms with van der Waals surface area (Å²) in [7, 11) is 1.34. The minimum Gasteiger partial charge on any atom is -0.453 e. The van der Waals surface area contributed by atoms with Crippen LogP contribution in [0.1, 0.15) is 18.9 Å². The number of rotatable bonds is 6. The minimum atomic E-state index is -0.466. The second kappa shape index (κ2) is 8.02. The number of ether oxygens (including phenoxy) is 1. The number of nitrogens with one attached hydrogen (secondary N) is 2. The highest BCUT2D eigenvalue weighted by Gasteiger charge is 2.04. The maximum absolute atomic E-state index is 11.1. The van der Waals surface area contributed by atoms with Gasteiger partial charge in [0.15, 0.2) is 0 Å². The third-order valence-electron chi connectivity index (χ3n) is 3.35. The van der Waals surface area contributed by atoms with Crippen molar-refractivity contribution in [2.24, 2.45) is 0 Å². The molecule has 5 nitrogen and oxygen atoms in total. The van der Waals surface area contributed by atoms with Gasteiger partial charge in [-0.15, -0.1) is 0 Å². The summed E-state index contributed by atoms with van der Waals surface area (Å²) in [4.78, 5) is 15.1. The number of pyridine rings is 1. The average molecular weight is 299 g/mol. The van der Waals surface area contributed by atoms with E-state index in [1.165, 1.54) is 12.7 Å². The Hall–Kier alpha value is -2.56. The maximum Gasteiger partial charge on any atom is 0.411 e. The summed E-state index contributed by atoms with van der Waals surface area (Å²) in [5, 5.41) is 6.07. The van der Waals surface area contributed by atoms with E-state index in [9.17, 15) is 4.79 Å². The van der Waals surface area contributed by atoms with Crippen LogP contribution in [0, 0.1) is 0 Å². The van der Waals surface area contributed by atoms with Crippen molar-refractivity contribution in [2.75, 3.05) is 17.7 Å². The number of aryl methyl sites for hydroxylation is 1. The molecule has 2 aromatic rings. The third kappa shape index (κ3) is 5.09. The summed E-state index contributed by atoms with van der Waals surface area (Å²) < 4.78 is 4.55. The third-order valence-corrected chi connectivity index (χ3v) is 3.35. The molecule has 2 rings (SSSR count). The number of hydrogen-bond donors (Lipinski definition) is 2. The van der Waals surface area contributed by atoms with E-state index in [0.717, 1.165) is 18.5 Å². The number of hydrogen-bond acceptors (Lipinski definition) is 4. The van der Waals surface area contributed by atoms with E-state index in [0.29, 0.717) is 11.7 Å². The Morgan fingerprint density at radius 2 is 1.77 bits per heavy atom. The molecule has 2 N–H and O–H groups in total. The quantitative estimate of drug-likeness (QED) is 0.854. The number of carbonyl (C=O) groups excluding carboxylic acids is 1. The number of anilines is 2. The van der Waals surface area contributed by atoms with Crippen molar-refractivity contribution in [1.29, 1.82) is 0 Å². The van der Waals surface area contributed by atoms with Crippen molar-refractivity contribution < 1.29 is 9.53 Å². The van der Waals surface area contributed by atoms with Crippen LogP contribution in [-0.2, 0) is 11.2 Å². The number of carbonyl (C=O) groups is 1. The highest BCUT2D eigenvalue weighted by Crippen LogP contribution is 2.16. The first-order chi connectivity index (χ1) is 10.7. The Labute approximate surface area is 130 Å². The standard InChI is InChI=1S/C17H21N3O2/c1-13(3-4-14-9-11-18-12-10-14)19-15-5-7-16(8-6-15)20-17(21)22-2/h5-13,19H,3-4H2,1-2H3,(H,20,21). The summed E-state index contributed by atoms with van der Waals surface area (Å²) in [5.41, 5.74) is 3.03. The SMILES string of the molecule is COC(=O)Nc1ccc(NC(C)CCc2ccncc2)cc1. The van der Waals surface area contributed by atoms with Crippen LogP contribution in [0.2, 0.25) is 0 Å². The van der Waals surface area contributed by atoms with Gasteiger partial charge in [0.1, 0.15) is 0 Å². The lowest BCUT2D eigenvalue weighted by atomic mass is 10.1. The molecule has 0 saturated heterocycles. The number of amides is 1. The van der Waals surface area contributed by atoms with Gasteiger partial charge in [-0.25, -0.2) is 4.79 Å². The largest absolute Gasteiger partial charge is 0.453 e. The van der Waals surface area contributed by atoms with Crippen molar-refractivity contribution in [3.63, 3.8) is 0 Å². The van der Waals surface area contributed by atoms with Crippen LogP contribution >= 0.6 is 0 Å². The van der Waals surface area contributed by atoms with Crippen LogP contribution < -0.4 is 10.6 Å². The Morgan fingerprint density at radius 3 is 2.41 bits per heavy atom. The van der Waals surface area contributed by atoms with Crippen molar-refractivity contribution in [2.45, 2.75) is 25.8 Å². The smallest absolute Gasteiger partial charge is 0.411 e. The highest BCUT2D eigenvalue weighted by molar-refractivity contribution is 5.84. The number of benzene rings is 1. The van der Waals surface area contributed by atoms with Gasteiger partial charge in [-0.3, -0.25) is 10.3 Å². The number of nitrogens with zero attached hydrogens (tertiary/aromatic N) is 1. The molecule has 0 radical (unpaired) electrons. The molecule has 0 fully saturated rings. The topological polar surface area (TPSA) is 63.2 Å². The van der Waals surface area contributed by atoms with E-state index in [4.69, 9.17) is 0 Å². The molecule has 1 heterocycles. The van der Waals surface area contributed by atoms with E-state index in [1.54, 1.807) is 0 Å². The lowest BCUT2D eigenvalue weighted by molar-refractivity contribution is 0.187. The van der Waals surface area contributed by atoms with Crippen LogP contribution in [0.15, 0.2) is 48.8 Å². The Morgan fingerprint density at radius 1 is 1.14 bits per heavy atom. The summed E-state index contributed by atoms with van der Waals surface area (Å²) >= 11 is 0. The monoisotopic (exact) mass is 299 g/mol. The van der Waals surface area contributed by atoms with E-state index >= 15 is 0 Å². The van der Waals surface area contributed by atoms with Crippen LogP contribution in [0.3, 0.4) is 0 Å². The van der Waals surface area contributed by atoms with Gasteiger partial charge >= 0.3 is 6.09 Å². The molecule has 116 valence electrons. The van der Waals surface area contributed by atoms with Gasteiger partial charge < -0.3 is 10.1 Å². The molecule has 1 unspecified atom stereocenters. The van der Waals surface area contributed by atoms with Gasteiger partial charge in [0, 0.05) is 29.8 Å². The molecule has 1 amide bonds. The Balaban J connectivity index is 1.81. The number of methoxy groups -OCH3 is 1. The summed E-state index contributed by atoms with van der Waals surface area (Å²) in [5.74, 6) is 0. The lowest BCUT2D eigenvalue weighted by Crippen LogP contribution is -2.16. The number of aromatic nitrogens is 1. The fourth-order valence-corrected chi connectivity index (χ4v) is 2.11. The fourth-order valence-electron chi connectivity index (χ4n) is 2.11. The molecule has 0 spiro atoms. The second-order valence-corrected chi connectivity index (χ2v) is 5.13. The normalized spacial score (nSPS) is 11.5. The van der Waals surface area contributed by atoms with E-state index in [-0.39, 0.29) is 0 Å². The first-order valence-corrected chi connectivity index (χ1v) is 7.28. The van der Waals surface area contributed by atoms with Gasteiger partial charge in [-0.05, 0) is 61.7 Å². The minimum absolute atomic E-state index is 0.354. The van der Waals surface area contributed by atoms with Crippen molar-refractivity contribution in [3.05, 3.63) is 54.4 Å². The lowest BCUT2D eigenvalue weighted by Gasteiger charge is -2.15. The fraction of sp³-hybridized carbons (Fsp3) is 0.294. The molecule has 1 atom stereocenters. The highest BCUT2D eigenvalue weighted by atomic mass is 16.5. The molecule has 22 heavy (non-hydrogen) atoms. The van der Waals surface area contributed by atoms with Crippen LogP contribution in [0.5, 0.6) is 0 Å². The predicted octanol–water partition coefficient (Wildman–Crippen LogP) is 3.69. The van der Waals surface area contributed by atoms with Crippen molar-refractivity contribution >= 4 is 17.5 Å². The van der Waals surface area contributed by atoms with Gasteiger partial charge in [-0.1, -0.05) is 0 Å². The van der Waals surface area contributed by atoms with Crippen molar-refractivity contribution in [1.82, 2.24) is 4.98 Å². The second-order valence-electron chi connectivity index (χ2n) is 5.13. The van der Waals surface area contributed by atoms with Crippen molar-refractivity contribution in [3.8, 4) is 0 Å². The average Bonchev–Trinajstić information content (AvgIpc) is 2.55. The maximum atomic E-state index is 11.1. The first-order valence-electron chi connectivity index (χ1n) is 7.28. The molecular weight excluding hydrogens is 278 g/mol. The summed E-state index contributed by atoms with van der Waals surface area (Å²) in [6.07, 6.45) is 5.22. The Bertz CT molecular complexity index is 585. The zero-order valence-electron chi connectivity index (χ0n) is 12.9. The zero-order chi connectivity index (χ0) is 15.8. The molecule has 0 aliphatic carbocycles. The zero-order valence-corrected chi connectivity index (χ0v) is 12.9. The molecule has 1 aromatic carbocycles.